The Morgan fingerprint density at radius 2 is 0.931 bits per heavy atom. The predicted molar refractivity (Wildman–Crippen MR) is 239 cm³/mol. The molecule has 0 bridgehead atoms. The normalized spacial score (nSPS) is 11.5. The lowest BCUT2D eigenvalue weighted by Gasteiger charge is -2.26. The molecule has 0 spiro atoms. The average Bonchev–Trinajstić information content (AvgIpc) is 3.84. The van der Waals surface area contributed by atoms with Gasteiger partial charge in [0, 0.05) is 44.2 Å². The number of anilines is 3. The molecule has 274 valence electrons. The predicted octanol–water partition coefficient (Wildman–Crippen LogP) is 15.3. The van der Waals surface area contributed by atoms with Crippen LogP contribution in [0.5, 0.6) is 0 Å². The van der Waals surface area contributed by atoms with Gasteiger partial charge in [0.05, 0.1) is 16.7 Å². The number of hydrogen-bond acceptors (Lipinski definition) is 2. The number of furan rings is 1. The third-order valence-electron chi connectivity index (χ3n) is 11.3. The second kappa shape index (κ2) is 13.8. The van der Waals surface area contributed by atoms with Gasteiger partial charge in [-0.1, -0.05) is 146 Å². The van der Waals surface area contributed by atoms with Crippen LogP contribution in [0, 0.1) is 5.82 Å². The number of aromatic nitrogens is 1. The summed E-state index contributed by atoms with van der Waals surface area (Å²) < 4.78 is 23.6. The van der Waals surface area contributed by atoms with Crippen LogP contribution >= 0.6 is 0 Å². The van der Waals surface area contributed by atoms with Gasteiger partial charge in [-0.25, -0.2) is 4.39 Å². The lowest BCUT2D eigenvalue weighted by Crippen LogP contribution is -2.10. The van der Waals surface area contributed by atoms with E-state index in [1.54, 1.807) is 6.07 Å². The van der Waals surface area contributed by atoms with Crippen LogP contribution in [-0.4, -0.2) is 4.57 Å². The third kappa shape index (κ3) is 5.65. The highest BCUT2D eigenvalue weighted by atomic mass is 19.1. The smallest absolute Gasteiger partial charge is 0.159 e. The average molecular weight is 747 g/mol. The molecule has 0 aliphatic heterocycles. The summed E-state index contributed by atoms with van der Waals surface area (Å²) in [6.45, 7) is 0. The van der Waals surface area contributed by atoms with Crippen molar-refractivity contribution < 1.29 is 8.81 Å². The van der Waals surface area contributed by atoms with Crippen LogP contribution in [-0.2, 0) is 0 Å². The van der Waals surface area contributed by atoms with E-state index < -0.39 is 0 Å². The first-order valence-electron chi connectivity index (χ1n) is 19.5. The Labute approximate surface area is 335 Å². The summed E-state index contributed by atoms with van der Waals surface area (Å²) in [5.41, 5.74) is 14.4. The van der Waals surface area contributed by atoms with Crippen molar-refractivity contribution in [2.75, 3.05) is 4.90 Å². The number of fused-ring (bicyclic) bond motifs is 6. The fraction of sp³-hybridized carbons (Fsp3) is 0. The molecule has 0 saturated carbocycles. The SMILES string of the molecule is Fc1ccc2c(c1)c1ccccc1n2-c1cccc(-c2ccc(N(c3ccc(-c4ccccc4)cc3)c3cccc4c3oc3c(-c5ccccc5)cccc34)cc2)c1. The number of para-hydroxylation sites is 3. The van der Waals surface area contributed by atoms with Gasteiger partial charge in [0.2, 0.25) is 0 Å². The van der Waals surface area contributed by atoms with E-state index in [0.717, 1.165) is 94.3 Å². The Morgan fingerprint density at radius 1 is 0.379 bits per heavy atom. The number of nitrogens with zero attached hydrogens (tertiary/aromatic N) is 2. The molecule has 0 saturated heterocycles. The van der Waals surface area contributed by atoms with Gasteiger partial charge in [0.25, 0.3) is 0 Å². The van der Waals surface area contributed by atoms with Crippen LogP contribution < -0.4 is 4.90 Å². The fourth-order valence-corrected chi connectivity index (χ4v) is 8.54. The summed E-state index contributed by atoms with van der Waals surface area (Å²) >= 11 is 0. The maximum absolute atomic E-state index is 14.4. The Kier molecular flexibility index (Phi) is 8.00. The van der Waals surface area contributed by atoms with E-state index in [-0.39, 0.29) is 5.82 Å². The van der Waals surface area contributed by atoms with Crippen molar-refractivity contribution in [1.29, 1.82) is 0 Å². The van der Waals surface area contributed by atoms with E-state index in [1.807, 2.05) is 30.3 Å². The van der Waals surface area contributed by atoms with E-state index in [0.29, 0.717) is 0 Å². The molecular weight excluding hydrogens is 712 g/mol. The molecule has 11 aromatic rings. The number of benzene rings is 9. The molecule has 2 aromatic heterocycles. The van der Waals surface area contributed by atoms with E-state index in [9.17, 15) is 4.39 Å². The number of halogens is 1. The molecule has 0 aliphatic rings. The molecule has 0 fully saturated rings. The summed E-state index contributed by atoms with van der Waals surface area (Å²) in [6, 6.07) is 73.0. The van der Waals surface area contributed by atoms with Crippen LogP contribution in [0.3, 0.4) is 0 Å². The van der Waals surface area contributed by atoms with Crippen molar-refractivity contribution in [1.82, 2.24) is 4.57 Å². The summed E-state index contributed by atoms with van der Waals surface area (Å²) in [6.07, 6.45) is 0. The molecule has 0 aliphatic carbocycles. The Balaban J connectivity index is 1.04. The lowest BCUT2D eigenvalue weighted by atomic mass is 10.0. The second-order valence-electron chi connectivity index (χ2n) is 14.7. The standard InChI is InChI=1S/C54H35FN2O/c55-41-28-33-51-49(35-41)46-18-7-8-22-50(46)57(51)44-17-9-16-40(34-44)38-26-31-43(32-27-38)56(42-29-24-37(25-30-42)36-12-3-1-4-13-36)52-23-11-21-48-47-20-10-19-45(53(47)58-54(48)52)39-14-5-2-6-15-39/h1-35H. The minimum Gasteiger partial charge on any atom is -0.453 e. The van der Waals surface area contributed by atoms with Crippen molar-refractivity contribution in [3.05, 3.63) is 218 Å². The van der Waals surface area contributed by atoms with Gasteiger partial charge in [-0.3, -0.25) is 0 Å². The van der Waals surface area contributed by atoms with Gasteiger partial charge < -0.3 is 13.9 Å². The Hall–Kier alpha value is -7.69. The largest absolute Gasteiger partial charge is 0.453 e. The Morgan fingerprint density at radius 3 is 1.67 bits per heavy atom. The van der Waals surface area contributed by atoms with Gasteiger partial charge in [0.1, 0.15) is 11.4 Å². The molecule has 0 radical (unpaired) electrons. The van der Waals surface area contributed by atoms with Crippen LogP contribution in [0.1, 0.15) is 0 Å². The molecule has 58 heavy (non-hydrogen) atoms. The van der Waals surface area contributed by atoms with Gasteiger partial charge in [0.15, 0.2) is 5.58 Å². The fourth-order valence-electron chi connectivity index (χ4n) is 8.54. The minimum atomic E-state index is -0.237. The topological polar surface area (TPSA) is 21.3 Å². The molecule has 0 unspecified atom stereocenters. The highest BCUT2D eigenvalue weighted by Crippen LogP contribution is 2.45. The molecule has 9 aromatic carbocycles. The molecule has 0 atom stereocenters. The van der Waals surface area contributed by atoms with E-state index in [2.05, 4.69) is 179 Å². The van der Waals surface area contributed by atoms with Crippen LogP contribution in [0.15, 0.2) is 217 Å². The highest BCUT2D eigenvalue weighted by Gasteiger charge is 2.21. The summed E-state index contributed by atoms with van der Waals surface area (Å²) in [7, 11) is 0. The highest BCUT2D eigenvalue weighted by molar-refractivity contribution is 6.14. The molecule has 0 N–H and O–H groups in total. The third-order valence-corrected chi connectivity index (χ3v) is 11.3. The molecule has 11 rings (SSSR count). The zero-order valence-corrected chi connectivity index (χ0v) is 31.4. The van der Waals surface area contributed by atoms with Crippen molar-refractivity contribution in [3.63, 3.8) is 0 Å². The number of rotatable bonds is 7. The first-order valence-corrected chi connectivity index (χ1v) is 19.5. The molecule has 0 amide bonds. The molecule has 3 nitrogen and oxygen atoms in total. The quantitative estimate of drug-likeness (QED) is 0.162. The van der Waals surface area contributed by atoms with Crippen molar-refractivity contribution in [3.8, 4) is 39.1 Å². The summed E-state index contributed by atoms with van der Waals surface area (Å²) in [5.74, 6) is -0.237. The molecule has 4 heteroatoms. The minimum absolute atomic E-state index is 0.237. The first-order chi connectivity index (χ1) is 28.7. The van der Waals surface area contributed by atoms with E-state index in [4.69, 9.17) is 4.42 Å². The summed E-state index contributed by atoms with van der Waals surface area (Å²) in [4.78, 5) is 2.29. The van der Waals surface area contributed by atoms with Crippen molar-refractivity contribution >= 4 is 60.8 Å². The maximum atomic E-state index is 14.4. The van der Waals surface area contributed by atoms with Gasteiger partial charge in [-0.15, -0.1) is 0 Å². The molecular formula is C54H35FN2O. The van der Waals surface area contributed by atoms with E-state index >= 15 is 0 Å². The zero-order valence-electron chi connectivity index (χ0n) is 31.4. The van der Waals surface area contributed by atoms with Gasteiger partial charge in [-0.05, 0) is 94.5 Å². The van der Waals surface area contributed by atoms with Crippen LogP contribution in [0.25, 0.3) is 82.8 Å². The van der Waals surface area contributed by atoms with Crippen molar-refractivity contribution in [2.24, 2.45) is 0 Å². The van der Waals surface area contributed by atoms with E-state index in [1.165, 1.54) is 11.6 Å². The first kappa shape index (κ1) is 33.6. The zero-order chi connectivity index (χ0) is 38.6. The maximum Gasteiger partial charge on any atom is 0.159 e. The lowest BCUT2D eigenvalue weighted by molar-refractivity contribution is 0.629. The molecule has 2 heterocycles. The monoisotopic (exact) mass is 746 g/mol. The van der Waals surface area contributed by atoms with Crippen LogP contribution in [0.4, 0.5) is 21.5 Å². The second-order valence-corrected chi connectivity index (χ2v) is 14.7. The summed E-state index contributed by atoms with van der Waals surface area (Å²) in [5, 5.41) is 4.08. The van der Waals surface area contributed by atoms with Gasteiger partial charge >= 0.3 is 0 Å². The van der Waals surface area contributed by atoms with Crippen LogP contribution in [0.2, 0.25) is 0 Å². The van der Waals surface area contributed by atoms with Gasteiger partial charge in [-0.2, -0.15) is 0 Å². The Bertz CT molecular complexity index is 3270. The van der Waals surface area contributed by atoms with Crippen molar-refractivity contribution in [2.45, 2.75) is 0 Å². The number of hydrogen-bond donors (Lipinski definition) is 0.